The first kappa shape index (κ1) is 16.9. The number of rotatable bonds is 0. The number of aromatic hydroxyl groups is 4. The zero-order chi connectivity index (χ0) is 15.5. The Kier molecular flexibility index (Phi) is 7.54. The maximum Gasteiger partial charge on any atom is 0.503 e. The second-order valence-electron chi connectivity index (χ2n) is 3.32. The van der Waals surface area contributed by atoms with Crippen molar-refractivity contribution >= 4 is 6.16 Å². The third kappa shape index (κ3) is 10.1. The third-order valence-corrected chi connectivity index (χ3v) is 1.66. The topological polar surface area (TPSA) is 138 Å². The van der Waals surface area contributed by atoms with Crippen molar-refractivity contribution in [2.24, 2.45) is 0 Å². The van der Waals surface area contributed by atoms with Gasteiger partial charge < -0.3 is 30.6 Å². The molecule has 2 aromatic rings. The minimum Gasteiger partial charge on any atom is -0.508 e. The van der Waals surface area contributed by atoms with E-state index in [1.54, 1.807) is 12.1 Å². The molecular formula is C13H14O7. The number of hydrogen-bond donors (Lipinski definition) is 6. The van der Waals surface area contributed by atoms with Gasteiger partial charge in [-0.05, 0) is 24.3 Å². The maximum atomic E-state index is 8.65. The van der Waals surface area contributed by atoms with Crippen LogP contribution in [0.2, 0.25) is 0 Å². The normalized spacial score (nSPS) is 8.40. The van der Waals surface area contributed by atoms with Gasteiger partial charge in [0.2, 0.25) is 0 Å². The highest BCUT2D eigenvalue weighted by molar-refractivity contribution is 5.53. The second-order valence-corrected chi connectivity index (χ2v) is 3.32. The molecule has 2 aromatic carbocycles. The molecule has 0 amide bonds. The average Bonchev–Trinajstić information content (AvgIpc) is 2.28. The molecule has 0 unspecified atom stereocenters. The molecule has 0 heterocycles. The summed E-state index contributed by atoms with van der Waals surface area (Å²) in [4.78, 5) is 8.56. The number of hydrogen-bond acceptors (Lipinski definition) is 5. The van der Waals surface area contributed by atoms with Crippen LogP contribution in [-0.2, 0) is 0 Å². The Morgan fingerprint density at radius 2 is 0.850 bits per heavy atom. The summed E-state index contributed by atoms with van der Waals surface area (Å²) in [7, 11) is 0. The van der Waals surface area contributed by atoms with Crippen molar-refractivity contribution in [3.05, 3.63) is 48.5 Å². The lowest BCUT2D eigenvalue weighted by atomic mass is 10.3. The summed E-state index contributed by atoms with van der Waals surface area (Å²) >= 11 is 0. The predicted octanol–water partition coefficient (Wildman–Crippen LogP) is 2.42. The molecule has 0 aromatic heterocycles. The van der Waals surface area contributed by atoms with Gasteiger partial charge in [0.25, 0.3) is 0 Å². The molecule has 0 saturated heterocycles. The van der Waals surface area contributed by atoms with E-state index in [4.69, 9.17) is 35.4 Å². The van der Waals surface area contributed by atoms with E-state index in [1.807, 2.05) is 0 Å². The molecule has 7 nitrogen and oxygen atoms in total. The van der Waals surface area contributed by atoms with Crippen LogP contribution in [0.1, 0.15) is 0 Å². The van der Waals surface area contributed by atoms with Crippen LogP contribution < -0.4 is 0 Å². The largest absolute Gasteiger partial charge is 0.508 e. The van der Waals surface area contributed by atoms with Gasteiger partial charge in [-0.3, -0.25) is 0 Å². The zero-order valence-electron chi connectivity index (χ0n) is 10.2. The van der Waals surface area contributed by atoms with Gasteiger partial charge in [0.1, 0.15) is 23.0 Å². The van der Waals surface area contributed by atoms with Gasteiger partial charge >= 0.3 is 6.16 Å². The molecule has 108 valence electrons. The number of carboxylic acid groups (broad SMARTS) is 2. The Morgan fingerprint density at radius 3 is 0.950 bits per heavy atom. The van der Waals surface area contributed by atoms with Gasteiger partial charge in [0.15, 0.2) is 0 Å². The van der Waals surface area contributed by atoms with E-state index in [2.05, 4.69) is 0 Å². The van der Waals surface area contributed by atoms with Crippen LogP contribution in [0.25, 0.3) is 0 Å². The highest BCUT2D eigenvalue weighted by atomic mass is 16.6. The minimum atomic E-state index is -1.83. The van der Waals surface area contributed by atoms with Gasteiger partial charge in [0, 0.05) is 12.1 Å². The highest BCUT2D eigenvalue weighted by Crippen LogP contribution is 2.15. The SMILES string of the molecule is O=C(O)O.Oc1cccc(O)c1.Oc1cccc(O)c1. The van der Waals surface area contributed by atoms with Crippen LogP contribution in [0.15, 0.2) is 48.5 Å². The molecule has 6 N–H and O–H groups in total. The Hall–Kier alpha value is -3.09. The summed E-state index contributed by atoms with van der Waals surface area (Å²) < 4.78 is 0. The minimum absolute atomic E-state index is 0.0880. The first-order valence-electron chi connectivity index (χ1n) is 5.19. The lowest BCUT2D eigenvalue weighted by Gasteiger charge is -1.89. The van der Waals surface area contributed by atoms with E-state index in [1.165, 1.54) is 36.4 Å². The third-order valence-electron chi connectivity index (χ3n) is 1.66. The Bertz CT molecular complexity index is 458. The van der Waals surface area contributed by atoms with Crippen molar-refractivity contribution < 1.29 is 35.4 Å². The smallest absolute Gasteiger partial charge is 0.503 e. The van der Waals surface area contributed by atoms with E-state index < -0.39 is 6.16 Å². The van der Waals surface area contributed by atoms with Crippen molar-refractivity contribution in [1.82, 2.24) is 0 Å². The van der Waals surface area contributed by atoms with Crippen molar-refractivity contribution in [2.75, 3.05) is 0 Å². The summed E-state index contributed by atoms with van der Waals surface area (Å²) in [6.45, 7) is 0. The average molecular weight is 282 g/mol. The van der Waals surface area contributed by atoms with Crippen LogP contribution in [0.4, 0.5) is 4.79 Å². The van der Waals surface area contributed by atoms with E-state index in [0.717, 1.165) is 0 Å². The number of carbonyl (C=O) groups is 1. The van der Waals surface area contributed by atoms with Crippen molar-refractivity contribution in [3.8, 4) is 23.0 Å². The Labute approximate surface area is 114 Å². The fourth-order valence-corrected chi connectivity index (χ4v) is 0.986. The standard InChI is InChI=1S/2C6H6O2.CH2O3/c2*7-5-2-1-3-6(8)4-5;2-1(3)4/h2*1-4,7-8H;(H2,2,3,4). The molecule has 0 spiro atoms. The number of benzene rings is 2. The summed E-state index contributed by atoms with van der Waals surface area (Å²) in [6.07, 6.45) is -1.83. The monoisotopic (exact) mass is 282 g/mol. The van der Waals surface area contributed by atoms with E-state index >= 15 is 0 Å². The molecule has 0 aliphatic heterocycles. The van der Waals surface area contributed by atoms with Crippen molar-refractivity contribution in [1.29, 1.82) is 0 Å². The molecule has 7 heteroatoms. The van der Waals surface area contributed by atoms with E-state index in [0.29, 0.717) is 0 Å². The van der Waals surface area contributed by atoms with Crippen molar-refractivity contribution in [2.45, 2.75) is 0 Å². The van der Waals surface area contributed by atoms with Crippen molar-refractivity contribution in [3.63, 3.8) is 0 Å². The van der Waals surface area contributed by atoms with Crippen LogP contribution in [0.3, 0.4) is 0 Å². The van der Waals surface area contributed by atoms with Gasteiger partial charge in [-0.1, -0.05) is 12.1 Å². The fourth-order valence-electron chi connectivity index (χ4n) is 0.986. The molecule has 0 bridgehead atoms. The van der Waals surface area contributed by atoms with Gasteiger partial charge in [-0.2, -0.15) is 0 Å². The lowest BCUT2D eigenvalue weighted by molar-refractivity contribution is 0.137. The number of phenols is 4. The van der Waals surface area contributed by atoms with E-state index in [-0.39, 0.29) is 23.0 Å². The van der Waals surface area contributed by atoms with Crippen LogP contribution in [0, 0.1) is 0 Å². The molecular weight excluding hydrogens is 268 g/mol. The van der Waals surface area contributed by atoms with Gasteiger partial charge in [-0.15, -0.1) is 0 Å². The summed E-state index contributed by atoms with van der Waals surface area (Å²) in [5.41, 5.74) is 0. The lowest BCUT2D eigenvalue weighted by Crippen LogP contribution is -1.81. The Balaban J connectivity index is 0.000000289. The maximum absolute atomic E-state index is 8.65. The number of phenolic OH excluding ortho intramolecular Hbond substituents is 4. The van der Waals surface area contributed by atoms with Gasteiger partial charge in [-0.25, -0.2) is 4.79 Å². The quantitative estimate of drug-likeness (QED) is 0.436. The molecule has 0 saturated carbocycles. The highest BCUT2D eigenvalue weighted by Gasteiger charge is 1.86. The molecule has 0 atom stereocenters. The zero-order valence-corrected chi connectivity index (χ0v) is 10.2. The predicted molar refractivity (Wildman–Crippen MR) is 70.2 cm³/mol. The first-order valence-corrected chi connectivity index (χ1v) is 5.19. The van der Waals surface area contributed by atoms with E-state index in [9.17, 15) is 0 Å². The summed E-state index contributed by atoms with van der Waals surface area (Å²) in [5, 5.41) is 48.6. The first-order chi connectivity index (χ1) is 9.31. The molecule has 2 rings (SSSR count). The summed E-state index contributed by atoms with van der Waals surface area (Å²) in [6, 6.07) is 11.7. The molecule has 0 radical (unpaired) electrons. The molecule has 0 aliphatic rings. The molecule has 0 fully saturated rings. The summed E-state index contributed by atoms with van der Waals surface area (Å²) in [5.74, 6) is 0.352. The van der Waals surface area contributed by atoms with Crippen LogP contribution in [0.5, 0.6) is 23.0 Å². The van der Waals surface area contributed by atoms with Crippen LogP contribution in [-0.4, -0.2) is 36.8 Å². The van der Waals surface area contributed by atoms with Gasteiger partial charge in [0.05, 0.1) is 0 Å². The fraction of sp³-hybridized carbons (Fsp3) is 0. The second kappa shape index (κ2) is 8.92. The molecule has 20 heavy (non-hydrogen) atoms. The molecule has 0 aliphatic carbocycles. The van der Waals surface area contributed by atoms with Crippen LogP contribution >= 0.6 is 0 Å². The Morgan fingerprint density at radius 1 is 0.650 bits per heavy atom.